The molecule has 0 radical (unpaired) electrons. The summed E-state index contributed by atoms with van der Waals surface area (Å²) in [5.74, 6) is -0.00139. The highest BCUT2D eigenvalue weighted by Crippen LogP contribution is 2.36. The summed E-state index contributed by atoms with van der Waals surface area (Å²) in [5.41, 5.74) is 7.44. The summed E-state index contributed by atoms with van der Waals surface area (Å²) in [6.07, 6.45) is 2.55. The van der Waals surface area contributed by atoms with Crippen molar-refractivity contribution in [2.75, 3.05) is 6.61 Å². The molecule has 1 unspecified atom stereocenters. The minimum atomic E-state index is -0.00139. The van der Waals surface area contributed by atoms with Gasteiger partial charge in [0.05, 0.1) is 30.5 Å². The zero-order valence-corrected chi connectivity index (χ0v) is 13.1. The van der Waals surface area contributed by atoms with Crippen LogP contribution in [0.2, 0.25) is 0 Å². The molecule has 5 heteroatoms. The van der Waals surface area contributed by atoms with Gasteiger partial charge in [-0.05, 0) is 37.0 Å². The number of H-pyrrole nitrogens is 2. The Hall–Kier alpha value is -2.14. The topological polar surface area (TPSA) is 75.0 Å². The van der Waals surface area contributed by atoms with Crippen molar-refractivity contribution in [3.05, 3.63) is 45.0 Å². The van der Waals surface area contributed by atoms with E-state index >= 15 is 0 Å². The quantitative estimate of drug-likeness (QED) is 0.853. The predicted molar refractivity (Wildman–Crippen MR) is 82.7 cm³/mol. The van der Waals surface area contributed by atoms with E-state index in [2.05, 4.69) is 16.9 Å². The highest BCUT2D eigenvalue weighted by Gasteiger charge is 2.30. The van der Waals surface area contributed by atoms with Gasteiger partial charge in [0.1, 0.15) is 0 Å². The fraction of sp³-hybridized carbons (Fsp3) is 0.412. The van der Waals surface area contributed by atoms with Crippen molar-refractivity contribution in [2.45, 2.75) is 39.7 Å². The number of nitrogens with one attached hydrogen (secondary N) is 2. The van der Waals surface area contributed by atoms with Gasteiger partial charge in [-0.25, -0.2) is 0 Å². The number of aromatic nitrogens is 2. The Morgan fingerprint density at radius 3 is 2.36 bits per heavy atom. The van der Waals surface area contributed by atoms with E-state index in [-0.39, 0.29) is 5.92 Å². The average Bonchev–Trinajstić information content (AvgIpc) is 3.04. The number of hydrogen-bond donors (Lipinski definition) is 2. The molecule has 22 heavy (non-hydrogen) atoms. The van der Waals surface area contributed by atoms with Crippen LogP contribution >= 0.6 is 0 Å². The zero-order valence-electron chi connectivity index (χ0n) is 13.1. The van der Waals surface area contributed by atoms with Crippen LogP contribution in [0.1, 0.15) is 67.5 Å². The number of hydrogen-bond acceptors (Lipinski definition) is 3. The van der Waals surface area contributed by atoms with Crippen LogP contribution in [-0.4, -0.2) is 29.1 Å². The van der Waals surface area contributed by atoms with E-state index in [9.17, 15) is 9.59 Å². The van der Waals surface area contributed by atoms with E-state index in [0.717, 1.165) is 52.6 Å². The zero-order chi connectivity index (χ0) is 15.9. The SMILES string of the molecule is CCc1c(C2COCc3c2[nH]c(C=O)c3C)[nH]c(C=O)c1C. The molecular weight excluding hydrogens is 280 g/mol. The standard InChI is InChI=1S/C17H20N2O3/c1-4-11-9(2)14(5-20)18-16(11)13-8-22-7-12-10(3)15(6-21)19-17(12)13/h5-6,13,18-19H,4,7-8H2,1-3H3. The Labute approximate surface area is 129 Å². The van der Waals surface area contributed by atoms with Crippen LogP contribution in [0.3, 0.4) is 0 Å². The number of fused-ring (bicyclic) bond motifs is 1. The Bertz CT molecular complexity index is 740. The summed E-state index contributed by atoms with van der Waals surface area (Å²) in [4.78, 5) is 28.9. The average molecular weight is 300 g/mol. The Balaban J connectivity index is 2.16. The molecule has 0 spiro atoms. The lowest BCUT2D eigenvalue weighted by atomic mass is 9.92. The number of carbonyl (C=O) groups is 2. The minimum absolute atomic E-state index is 0.00139. The summed E-state index contributed by atoms with van der Waals surface area (Å²) >= 11 is 0. The van der Waals surface area contributed by atoms with Crippen molar-refractivity contribution in [1.82, 2.24) is 9.97 Å². The molecule has 1 aliphatic heterocycles. The molecule has 3 rings (SSSR count). The van der Waals surface area contributed by atoms with Crippen LogP contribution in [0.25, 0.3) is 0 Å². The van der Waals surface area contributed by atoms with E-state index < -0.39 is 0 Å². The van der Waals surface area contributed by atoms with E-state index in [4.69, 9.17) is 4.74 Å². The molecule has 1 atom stereocenters. The van der Waals surface area contributed by atoms with Crippen molar-refractivity contribution in [3.63, 3.8) is 0 Å². The van der Waals surface area contributed by atoms with Crippen molar-refractivity contribution < 1.29 is 14.3 Å². The van der Waals surface area contributed by atoms with Gasteiger partial charge in [0.15, 0.2) is 12.6 Å². The summed E-state index contributed by atoms with van der Waals surface area (Å²) < 4.78 is 5.74. The molecule has 2 N–H and O–H groups in total. The van der Waals surface area contributed by atoms with Gasteiger partial charge in [-0.2, -0.15) is 0 Å². The largest absolute Gasteiger partial charge is 0.376 e. The molecule has 0 amide bonds. The molecular formula is C17H20N2O3. The summed E-state index contributed by atoms with van der Waals surface area (Å²) in [6, 6.07) is 0. The molecule has 0 saturated heterocycles. The Morgan fingerprint density at radius 1 is 1.09 bits per heavy atom. The third-order valence-electron chi connectivity index (χ3n) is 4.72. The highest BCUT2D eigenvalue weighted by atomic mass is 16.5. The Kier molecular flexibility index (Phi) is 3.74. The van der Waals surface area contributed by atoms with Gasteiger partial charge >= 0.3 is 0 Å². The Morgan fingerprint density at radius 2 is 1.73 bits per heavy atom. The van der Waals surface area contributed by atoms with Crippen molar-refractivity contribution in [3.8, 4) is 0 Å². The van der Waals surface area contributed by atoms with Gasteiger partial charge in [0, 0.05) is 17.0 Å². The first kappa shape index (κ1) is 14.8. The third-order valence-corrected chi connectivity index (χ3v) is 4.72. The van der Waals surface area contributed by atoms with Crippen LogP contribution < -0.4 is 0 Å². The first-order chi connectivity index (χ1) is 10.6. The van der Waals surface area contributed by atoms with E-state index in [0.29, 0.717) is 24.6 Å². The first-order valence-electron chi connectivity index (χ1n) is 7.53. The monoisotopic (exact) mass is 300 g/mol. The molecule has 0 aliphatic carbocycles. The van der Waals surface area contributed by atoms with Gasteiger partial charge in [0.2, 0.25) is 0 Å². The molecule has 0 bridgehead atoms. The van der Waals surface area contributed by atoms with Crippen LogP contribution in [-0.2, 0) is 17.8 Å². The molecule has 0 fully saturated rings. The minimum Gasteiger partial charge on any atom is -0.376 e. The van der Waals surface area contributed by atoms with Crippen LogP contribution in [0.5, 0.6) is 0 Å². The lowest BCUT2D eigenvalue weighted by Gasteiger charge is -2.24. The summed E-state index contributed by atoms with van der Waals surface area (Å²) in [5, 5.41) is 0. The van der Waals surface area contributed by atoms with E-state index in [1.807, 2.05) is 13.8 Å². The van der Waals surface area contributed by atoms with Gasteiger partial charge in [-0.3, -0.25) is 9.59 Å². The fourth-order valence-corrected chi connectivity index (χ4v) is 3.42. The number of aromatic amines is 2. The van der Waals surface area contributed by atoms with Crippen molar-refractivity contribution in [2.24, 2.45) is 0 Å². The van der Waals surface area contributed by atoms with Gasteiger partial charge in [0.25, 0.3) is 0 Å². The van der Waals surface area contributed by atoms with Crippen molar-refractivity contribution >= 4 is 12.6 Å². The maximum Gasteiger partial charge on any atom is 0.166 e. The van der Waals surface area contributed by atoms with Gasteiger partial charge in [-0.15, -0.1) is 0 Å². The molecule has 116 valence electrons. The van der Waals surface area contributed by atoms with Crippen molar-refractivity contribution in [1.29, 1.82) is 0 Å². The molecule has 3 heterocycles. The summed E-state index contributed by atoms with van der Waals surface area (Å²) in [7, 11) is 0. The second-order valence-corrected chi connectivity index (χ2v) is 5.77. The number of rotatable bonds is 4. The molecule has 0 saturated carbocycles. The van der Waals surface area contributed by atoms with E-state index in [1.165, 1.54) is 0 Å². The smallest absolute Gasteiger partial charge is 0.166 e. The fourth-order valence-electron chi connectivity index (χ4n) is 3.42. The third kappa shape index (κ3) is 2.04. The van der Waals surface area contributed by atoms with Gasteiger partial charge in [-0.1, -0.05) is 6.92 Å². The number of ether oxygens (including phenoxy) is 1. The lowest BCUT2D eigenvalue weighted by Crippen LogP contribution is -2.19. The molecule has 0 aromatic carbocycles. The van der Waals surface area contributed by atoms with Crippen LogP contribution in [0.4, 0.5) is 0 Å². The maximum atomic E-state index is 11.2. The molecule has 5 nitrogen and oxygen atoms in total. The van der Waals surface area contributed by atoms with Crippen LogP contribution in [0, 0.1) is 13.8 Å². The van der Waals surface area contributed by atoms with Crippen LogP contribution in [0.15, 0.2) is 0 Å². The highest BCUT2D eigenvalue weighted by molar-refractivity contribution is 5.77. The number of carbonyl (C=O) groups excluding carboxylic acids is 2. The van der Waals surface area contributed by atoms with E-state index in [1.54, 1.807) is 0 Å². The van der Waals surface area contributed by atoms with Gasteiger partial charge < -0.3 is 14.7 Å². The second kappa shape index (κ2) is 5.57. The normalized spacial score (nSPS) is 17.3. The number of aldehydes is 2. The first-order valence-corrected chi connectivity index (χ1v) is 7.53. The lowest BCUT2D eigenvalue weighted by molar-refractivity contribution is 0.0972. The molecule has 2 aromatic heterocycles. The maximum absolute atomic E-state index is 11.2. The molecule has 1 aliphatic rings. The molecule has 2 aromatic rings. The summed E-state index contributed by atoms with van der Waals surface area (Å²) in [6.45, 7) is 7.03. The second-order valence-electron chi connectivity index (χ2n) is 5.77. The predicted octanol–water partition coefficient (Wildman–Crippen LogP) is 2.81.